The lowest BCUT2D eigenvalue weighted by Gasteiger charge is -2.37. The topological polar surface area (TPSA) is 60.2 Å². The Bertz CT molecular complexity index is 307. The summed E-state index contributed by atoms with van der Waals surface area (Å²) in [6.07, 6.45) is 5.21. The predicted molar refractivity (Wildman–Crippen MR) is 68.1 cm³/mol. The highest BCUT2D eigenvalue weighted by atomic mass is 32.2. The molecule has 4 heteroatoms. The van der Waals surface area contributed by atoms with Gasteiger partial charge in [-0.05, 0) is 37.1 Å². The molecule has 0 bridgehead atoms. The molecule has 2 atom stereocenters. The third-order valence-electron chi connectivity index (χ3n) is 4.24. The van der Waals surface area contributed by atoms with Crippen molar-refractivity contribution in [2.45, 2.75) is 46.0 Å². The van der Waals surface area contributed by atoms with Crippen molar-refractivity contribution in [1.82, 2.24) is 0 Å². The molecule has 0 radical (unpaired) electrons. The fraction of sp³-hybridized carbons (Fsp3) is 1.00. The van der Waals surface area contributed by atoms with Gasteiger partial charge in [-0.1, -0.05) is 26.7 Å². The number of nitrogens with two attached hydrogens (primary N) is 1. The van der Waals surface area contributed by atoms with E-state index >= 15 is 0 Å². The summed E-state index contributed by atoms with van der Waals surface area (Å²) < 4.78 is 23.1. The number of rotatable bonds is 6. The van der Waals surface area contributed by atoms with E-state index in [9.17, 15) is 8.42 Å². The Morgan fingerprint density at radius 3 is 2.44 bits per heavy atom. The Balaban J connectivity index is 2.77. The largest absolute Gasteiger partial charge is 0.330 e. The Labute approximate surface area is 99.7 Å². The van der Waals surface area contributed by atoms with E-state index in [2.05, 4.69) is 13.8 Å². The Morgan fingerprint density at radius 1 is 1.38 bits per heavy atom. The molecule has 0 amide bonds. The predicted octanol–water partition coefficient (Wildman–Crippen LogP) is 1.97. The molecule has 0 aromatic carbocycles. The van der Waals surface area contributed by atoms with Gasteiger partial charge in [0.2, 0.25) is 0 Å². The summed E-state index contributed by atoms with van der Waals surface area (Å²) in [5.41, 5.74) is 6.00. The van der Waals surface area contributed by atoms with Gasteiger partial charge in [0.1, 0.15) is 0 Å². The second-order valence-electron chi connectivity index (χ2n) is 5.12. The van der Waals surface area contributed by atoms with E-state index in [0.717, 1.165) is 32.1 Å². The molecule has 1 heterocycles. The lowest BCUT2D eigenvalue weighted by molar-refractivity contribution is 0.158. The van der Waals surface area contributed by atoms with Crippen LogP contribution in [-0.4, -0.2) is 26.5 Å². The maximum Gasteiger partial charge on any atom is 0.150 e. The van der Waals surface area contributed by atoms with Gasteiger partial charge in [0, 0.05) is 0 Å². The average Bonchev–Trinajstić information content (AvgIpc) is 2.62. The van der Waals surface area contributed by atoms with Crippen LogP contribution in [0.3, 0.4) is 0 Å². The normalized spacial score (nSPS) is 27.8. The van der Waals surface area contributed by atoms with Crippen LogP contribution in [0.25, 0.3) is 0 Å². The van der Waals surface area contributed by atoms with Crippen molar-refractivity contribution in [3.8, 4) is 0 Å². The van der Waals surface area contributed by atoms with Crippen molar-refractivity contribution < 1.29 is 8.42 Å². The maximum atomic E-state index is 11.6. The quantitative estimate of drug-likeness (QED) is 0.780. The van der Waals surface area contributed by atoms with Crippen LogP contribution in [0.5, 0.6) is 0 Å². The Hall–Kier alpha value is -0.0900. The van der Waals surface area contributed by atoms with E-state index in [-0.39, 0.29) is 5.41 Å². The molecule has 0 aromatic rings. The van der Waals surface area contributed by atoms with Gasteiger partial charge < -0.3 is 5.73 Å². The van der Waals surface area contributed by atoms with Gasteiger partial charge in [-0.3, -0.25) is 0 Å². The molecule has 2 N–H and O–H groups in total. The van der Waals surface area contributed by atoms with E-state index in [1.165, 1.54) is 0 Å². The molecule has 1 rings (SSSR count). The molecule has 1 saturated heterocycles. The van der Waals surface area contributed by atoms with Gasteiger partial charge in [0.25, 0.3) is 0 Å². The molecule has 2 unspecified atom stereocenters. The summed E-state index contributed by atoms with van der Waals surface area (Å²) in [5, 5.41) is 0. The van der Waals surface area contributed by atoms with E-state index in [1.54, 1.807) is 0 Å². The molecule has 1 aliphatic rings. The zero-order chi connectivity index (χ0) is 12.2. The van der Waals surface area contributed by atoms with E-state index in [1.807, 2.05) is 0 Å². The minimum Gasteiger partial charge on any atom is -0.330 e. The molecule has 16 heavy (non-hydrogen) atoms. The van der Waals surface area contributed by atoms with E-state index in [0.29, 0.717) is 24.0 Å². The summed E-state index contributed by atoms with van der Waals surface area (Å²) in [7, 11) is -2.78. The second kappa shape index (κ2) is 5.50. The van der Waals surface area contributed by atoms with Crippen LogP contribution in [0.15, 0.2) is 0 Å². The van der Waals surface area contributed by atoms with Crippen LogP contribution in [0, 0.1) is 11.3 Å². The first-order valence-corrected chi connectivity index (χ1v) is 8.22. The number of sulfone groups is 1. The Kier molecular flexibility index (Phi) is 4.80. The molecular formula is C12H25NO2S. The van der Waals surface area contributed by atoms with Crippen molar-refractivity contribution in [3.05, 3.63) is 0 Å². The van der Waals surface area contributed by atoms with Crippen LogP contribution >= 0.6 is 0 Å². The van der Waals surface area contributed by atoms with Crippen LogP contribution in [0.4, 0.5) is 0 Å². The van der Waals surface area contributed by atoms with E-state index < -0.39 is 9.84 Å². The lowest BCUT2D eigenvalue weighted by Crippen LogP contribution is -2.38. The van der Waals surface area contributed by atoms with E-state index in [4.69, 9.17) is 5.73 Å². The third-order valence-corrected chi connectivity index (χ3v) is 6.01. The molecule has 3 nitrogen and oxygen atoms in total. The summed E-state index contributed by atoms with van der Waals surface area (Å²) in [6.45, 7) is 4.94. The first kappa shape index (κ1) is 14.0. The molecule has 1 aliphatic heterocycles. The average molecular weight is 247 g/mol. The standard InChI is InChI=1S/C12H25NO2S/c1-3-5-7-12(4-2,10-13)11-6-8-16(14,15)9-11/h11H,3-10,13H2,1-2H3. The zero-order valence-electron chi connectivity index (χ0n) is 10.5. The van der Waals surface area contributed by atoms with Gasteiger partial charge in [-0.15, -0.1) is 0 Å². The summed E-state index contributed by atoms with van der Waals surface area (Å²) in [5.74, 6) is 1.02. The molecular weight excluding hydrogens is 222 g/mol. The molecule has 96 valence electrons. The third kappa shape index (κ3) is 2.98. The van der Waals surface area contributed by atoms with Crippen molar-refractivity contribution >= 4 is 9.84 Å². The summed E-state index contributed by atoms with van der Waals surface area (Å²) >= 11 is 0. The van der Waals surface area contributed by atoms with Gasteiger partial charge in [0.15, 0.2) is 9.84 Å². The fourth-order valence-electron chi connectivity index (χ4n) is 2.89. The number of unbranched alkanes of at least 4 members (excludes halogenated alkanes) is 1. The van der Waals surface area contributed by atoms with Crippen LogP contribution in [0.2, 0.25) is 0 Å². The fourth-order valence-corrected chi connectivity index (χ4v) is 4.83. The highest BCUT2D eigenvalue weighted by Gasteiger charge is 2.41. The molecule has 0 aliphatic carbocycles. The van der Waals surface area contributed by atoms with Crippen molar-refractivity contribution in [2.75, 3.05) is 18.1 Å². The van der Waals surface area contributed by atoms with Gasteiger partial charge in [-0.2, -0.15) is 0 Å². The monoisotopic (exact) mass is 247 g/mol. The summed E-state index contributed by atoms with van der Waals surface area (Å²) in [4.78, 5) is 0. The first-order chi connectivity index (χ1) is 7.49. The smallest absolute Gasteiger partial charge is 0.150 e. The highest BCUT2D eigenvalue weighted by Crippen LogP contribution is 2.41. The van der Waals surface area contributed by atoms with Crippen molar-refractivity contribution in [3.63, 3.8) is 0 Å². The highest BCUT2D eigenvalue weighted by molar-refractivity contribution is 7.91. The van der Waals surface area contributed by atoms with Gasteiger partial charge in [-0.25, -0.2) is 8.42 Å². The van der Waals surface area contributed by atoms with Gasteiger partial charge >= 0.3 is 0 Å². The number of hydrogen-bond acceptors (Lipinski definition) is 3. The van der Waals surface area contributed by atoms with Crippen LogP contribution < -0.4 is 5.73 Å². The maximum absolute atomic E-state index is 11.6. The SMILES string of the molecule is CCCCC(CC)(CN)C1CCS(=O)(=O)C1. The minimum atomic E-state index is -2.78. The molecule has 0 spiro atoms. The molecule has 1 fully saturated rings. The van der Waals surface area contributed by atoms with Crippen LogP contribution in [0.1, 0.15) is 46.0 Å². The van der Waals surface area contributed by atoms with Crippen LogP contribution in [-0.2, 0) is 9.84 Å². The first-order valence-electron chi connectivity index (χ1n) is 6.40. The summed E-state index contributed by atoms with van der Waals surface area (Å²) in [6, 6.07) is 0. The zero-order valence-corrected chi connectivity index (χ0v) is 11.4. The van der Waals surface area contributed by atoms with Crippen molar-refractivity contribution in [1.29, 1.82) is 0 Å². The van der Waals surface area contributed by atoms with Crippen molar-refractivity contribution in [2.24, 2.45) is 17.1 Å². The minimum absolute atomic E-state index is 0.0690. The molecule has 0 aromatic heterocycles. The van der Waals surface area contributed by atoms with Gasteiger partial charge in [0.05, 0.1) is 11.5 Å². The number of hydrogen-bond donors (Lipinski definition) is 1. The lowest BCUT2D eigenvalue weighted by atomic mass is 9.69. The molecule has 0 saturated carbocycles. The Morgan fingerprint density at radius 2 is 2.06 bits per heavy atom. The second-order valence-corrected chi connectivity index (χ2v) is 7.35.